The Morgan fingerprint density at radius 1 is 1.22 bits per heavy atom. The van der Waals surface area contributed by atoms with E-state index in [9.17, 15) is 0 Å². The Balaban J connectivity index is 1.69. The lowest BCUT2D eigenvalue weighted by atomic mass is 10.3. The smallest absolute Gasteiger partial charge is 0.0735 e. The van der Waals surface area contributed by atoms with Crippen molar-refractivity contribution in [3.8, 4) is 0 Å². The summed E-state index contributed by atoms with van der Waals surface area (Å²) in [5, 5.41) is 3.28. The van der Waals surface area contributed by atoms with Crippen molar-refractivity contribution >= 4 is 0 Å². The Labute approximate surface area is 55.8 Å². The van der Waals surface area contributed by atoms with E-state index in [4.69, 9.17) is 5.73 Å². The first-order chi connectivity index (χ1) is 4.36. The molecule has 0 aromatic rings. The van der Waals surface area contributed by atoms with Crippen LogP contribution in [0.1, 0.15) is 25.7 Å². The maximum atomic E-state index is 7.55. The summed E-state index contributed by atoms with van der Waals surface area (Å²) >= 11 is 0. The fourth-order valence-corrected chi connectivity index (χ4v) is 1.07. The molecule has 2 fully saturated rings. The average Bonchev–Trinajstić information content (AvgIpc) is 2.62. The van der Waals surface area contributed by atoms with Gasteiger partial charge in [0.25, 0.3) is 0 Å². The van der Waals surface area contributed by atoms with Gasteiger partial charge in [0, 0.05) is 6.04 Å². The topological polar surface area (TPSA) is 35.8 Å². The van der Waals surface area contributed by atoms with Crippen LogP contribution in [0.4, 0.5) is 0 Å². The zero-order chi connectivity index (χ0) is 6.27. The maximum absolute atomic E-state index is 7.55. The second-order valence-electron chi connectivity index (χ2n) is 3.26. The van der Waals surface area contributed by atoms with Crippen molar-refractivity contribution in [1.82, 2.24) is 11.1 Å². The molecule has 1 atom stereocenters. The lowest BCUT2D eigenvalue weighted by molar-refractivity contribution is 0.461. The predicted octanol–water partition coefficient (Wildman–Crippen LogP) is 0.757. The van der Waals surface area contributed by atoms with Crippen molar-refractivity contribution in [1.29, 1.82) is 0 Å². The third-order valence-electron chi connectivity index (χ3n) is 2.09. The van der Waals surface area contributed by atoms with Gasteiger partial charge in [-0.05, 0) is 31.6 Å². The molecule has 9 heavy (non-hydrogen) atoms. The SMILES string of the molecule is [NH]C(NC1CC1)C1CC1. The van der Waals surface area contributed by atoms with Crippen LogP contribution in [0.5, 0.6) is 0 Å². The highest BCUT2D eigenvalue weighted by Crippen LogP contribution is 2.32. The molecule has 2 aliphatic carbocycles. The molecule has 0 heterocycles. The molecular formula is C7H13N2. The Morgan fingerprint density at radius 3 is 2.33 bits per heavy atom. The van der Waals surface area contributed by atoms with E-state index in [1.807, 2.05) is 0 Å². The van der Waals surface area contributed by atoms with Crippen LogP contribution in [-0.2, 0) is 0 Å². The Bertz CT molecular complexity index is 105. The van der Waals surface area contributed by atoms with Gasteiger partial charge in [-0.25, -0.2) is 5.73 Å². The first kappa shape index (κ1) is 5.69. The van der Waals surface area contributed by atoms with Gasteiger partial charge in [0.1, 0.15) is 0 Å². The number of nitrogens with one attached hydrogen (secondary N) is 2. The molecule has 0 spiro atoms. The van der Waals surface area contributed by atoms with Gasteiger partial charge in [0.2, 0.25) is 0 Å². The Hall–Kier alpha value is -0.0800. The van der Waals surface area contributed by atoms with Crippen LogP contribution in [-0.4, -0.2) is 12.2 Å². The highest BCUT2D eigenvalue weighted by molar-refractivity contribution is 4.89. The molecule has 2 heteroatoms. The summed E-state index contributed by atoms with van der Waals surface area (Å²) in [5.74, 6) is 0.700. The van der Waals surface area contributed by atoms with Crippen molar-refractivity contribution in [2.24, 2.45) is 5.92 Å². The van der Waals surface area contributed by atoms with Gasteiger partial charge < -0.3 is 0 Å². The molecule has 0 amide bonds. The fourth-order valence-electron chi connectivity index (χ4n) is 1.07. The molecule has 1 unspecified atom stereocenters. The molecule has 2 aliphatic rings. The van der Waals surface area contributed by atoms with E-state index in [-0.39, 0.29) is 6.17 Å². The first-order valence-electron chi connectivity index (χ1n) is 3.83. The summed E-state index contributed by atoms with van der Waals surface area (Å²) in [7, 11) is 0. The second kappa shape index (κ2) is 1.96. The normalized spacial score (nSPS) is 30.3. The maximum Gasteiger partial charge on any atom is 0.0735 e. The summed E-state index contributed by atoms with van der Waals surface area (Å²) < 4.78 is 0. The van der Waals surface area contributed by atoms with Crippen LogP contribution in [0.25, 0.3) is 0 Å². The van der Waals surface area contributed by atoms with Gasteiger partial charge in [-0.1, -0.05) is 0 Å². The number of rotatable bonds is 3. The van der Waals surface area contributed by atoms with Crippen LogP contribution in [0.15, 0.2) is 0 Å². The summed E-state index contributed by atoms with van der Waals surface area (Å²) in [4.78, 5) is 0. The van der Waals surface area contributed by atoms with E-state index in [1.54, 1.807) is 0 Å². The molecule has 0 aromatic heterocycles. The quantitative estimate of drug-likeness (QED) is 0.593. The minimum atomic E-state index is 0.0671. The lowest BCUT2D eigenvalue weighted by Gasteiger charge is -2.09. The molecular weight excluding hydrogens is 112 g/mol. The van der Waals surface area contributed by atoms with Gasteiger partial charge >= 0.3 is 0 Å². The molecule has 0 aliphatic heterocycles. The van der Waals surface area contributed by atoms with Gasteiger partial charge in [-0.3, -0.25) is 5.32 Å². The molecule has 51 valence electrons. The van der Waals surface area contributed by atoms with E-state index in [0.29, 0.717) is 12.0 Å². The van der Waals surface area contributed by atoms with Gasteiger partial charge in [-0.2, -0.15) is 0 Å². The van der Waals surface area contributed by atoms with Gasteiger partial charge in [0.05, 0.1) is 6.17 Å². The van der Waals surface area contributed by atoms with E-state index in [0.717, 1.165) is 0 Å². The monoisotopic (exact) mass is 125 g/mol. The van der Waals surface area contributed by atoms with E-state index in [2.05, 4.69) is 5.32 Å². The van der Waals surface area contributed by atoms with Gasteiger partial charge in [0.15, 0.2) is 0 Å². The van der Waals surface area contributed by atoms with Crippen molar-refractivity contribution in [2.75, 3.05) is 0 Å². The molecule has 2 nitrogen and oxygen atoms in total. The van der Waals surface area contributed by atoms with Crippen LogP contribution < -0.4 is 11.1 Å². The van der Waals surface area contributed by atoms with Crippen LogP contribution in [0.3, 0.4) is 0 Å². The third-order valence-corrected chi connectivity index (χ3v) is 2.09. The molecule has 0 bridgehead atoms. The lowest BCUT2D eigenvalue weighted by Crippen LogP contribution is -2.33. The van der Waals surface area contributed by atoms with Gasteiger partial charge in [-0.15, -0.1) is 0 Å². The summed E-state index contributed by atoms with van der Waals surface area (Å²) in [5.41, 5.74) is 7.55. The zero-order valence-electron chi connectivity index (χ0n) is 5.56. The third kappa shape index (κ3) is 1.43. The first-order valence-corrected chi connectivity index (χ1v) is 3.83. The van der Waals surface area contributed by atoms with Crippen molar-refractivity contribution in [3.05, 3.63) is 0 Å². The van der Waals surface area contributed by atoms with Crippen molar-refractivity contribution in [2.45, 2.75) is 37.9 Å². The van der Waals surface area contributed by atoms with E-state index < -0.39 is 0 Å². The van der Waals surface area contributed by atoms with Crippen LogP contribution in [0.2, 0.25) is 0 Å². The minimum Gasteiger partial charge on any atom is -0.298 e. The second-order valence-corrected chi connectivity index (χ2v) is 3.26. The predicted molar refractivity (Wildman–Crippen MR) is 35.8 cm³/mol. The number of hydrogen-bond acceptors (Lipinski definition) is 1. The summed E-state index contributed by atoms with van der Waals surface area (Å²) in [6, 6.07) is 0.716. The molecule has 2 rings (SSSR count). The standard InChI is InChI=1S/C7H13N2/c8-7(5-1-2-5)9-6-3-4-6/h5-9H,1-4H2. The highest BCUT2D eigenvalue weighted by Gasteiger charge is 2.32. The van der Waals surface area contributed by atoms with E-state index >= 15 is 0 Å². The molecule has 2 N–H and O–H groups in total. The molecule has 0 saturated heterocycles. The molecule has 0 aromatic carbocycles. The van der Waals surface area contributed by atoms with Crippen LogP contribution >= 0.6 is 0 Å². The minimum absolute atomic E-state index is 0.0671. The number of hydrogen-bond donors (Lipinski definition) is 1. The van der Waals surface area contributed by atoms with Crippen molar-refractivity contribution in [3.63, 3.8) is 0 Å². The largest absolute Gasteiger partial charge is 0.298 e. The Kier molecular flexibility index (Phi) is 1.24. The van der Waals surface area contributed by atoms with Crippen LogP contribution in [0, 0.1) is 5.92 Å². The fraction of sp³-hybridized carbons (Fsp3) is 1.00. The molecule has 2 saturated carbocycles. The zero-order valence-corrected chi connectivity index (χ0v) is 5.56. The Morgan fingerprint density at radius 2 is 1.89 bits per heavy atom. The summed E-state index contributed by atoms with van der Waals surface area (Å²) in [6.45, 7) is 0. The highest BCUT2D eigenvalue weighted by atomic mass is 15.1. The van der Waals surface area contributed by atoms with E-state index in [1.165, 1.54) is 25.7 Å². The van der Waals surface area contributed by atoms with Crippen molar-refractivity contribution < 1.29 is 0 Å². The summed E-state index contributed by atoms with van der Waals surface area (Å²) in [6.07, 6.45) is 5.25. The average molecular weight is 125 g/mol. The molecule has 1 radical (unpaired) electrons.